The molecule has 412 valence electrons. The number of likely N-dealkylation sites (tertiary alicyclic amines) is 2. The number of ether oxygens (including phenoxy) is 2. The van der Waals surface area contributed by atoms with E-state index in [2.05, 4.69) is 5.32 Å². The summed E-state index contributed by atoms with van der Waals surface area (Å²) < 4.78 is 155. The normalized spacial score (nSPS) is 28.6. The van der Waals surface area contributed by atoms with Gasteiger partial charge in [-0.3, -0.25) is 29.0 Å². The van der Waals surface area contributed by atoms with E-state index in [9.17, 15) is 81.9 Å². The number of aliphatic carboxylic acids is 1. The lowest BCUT2D eigenvalue weighted by atomic mass is 10.0. The van der Waals surface area contributed by atoms with Crippen LogP contribution < -0.4 is 5.32 Å². The number of hydrogen-bond acceptors (Lipinski definition) is 10. The molecule has 0 aromatic heterocycles. The number of carboxylic acid groups (broad SMARTS) is 1. The van der Waals surface area contributed by atoms with E-state index in [1.165, 1.54) is 4.90 Å². The highest BCUT2D eigenvalue weighted by Crippen LogP contribution is 2.48. The first-order valence-electron chi connectivity index (χ1n) is 22.9. The van der Waals surface area contributed by atoms with Crippen molar-refractivity contribution in [3.05, 3.63) is 0 Å². The lowest BCUT2D eigenvalue weighted by molar-refractivity contribution is -0.193. The van der Waals surface area contributed by atoms with E-state index in [0.717, 1.165) is 14.7 Å². The Morgan fingerprint density at radius 3 is 1.26 bits per heavy atom. The summed E-state index contributed by atoms with van der Waals surface area (Å²) in [7, 11) is 0. The average Bonchev–Trinajstić information content (AvgIpc) is 4.03. The van der Waals surface area contributed by atoms with Crippen LogP contribution in [0.25, 0.3) is 0 Å². The van der Waals surface area contributed by atoms with Crippen LogP contribution >= 0.6 is 12.4 Å². The van der Waals surface area contributed by atoms with Crippen LogP contribution in [-0.2, 0) is 33.4 Å². The summed E-state index contributed by atoms with van der Waals surface area (Å²) in [5.41, 5.74) is -3.88. The smallest absolute Gasteiger partial charge is 0.471 e. The Balaban J connectivity index is 0.000000245. The first-order valence-corrected chi connectivity index (χ1v) is 22.9. The number of alkyl halides is 11. The molecule has 0 unspecified atom stereocenters. The fraction of sp³-hybridized carbons (Fsp3) is 0.837. The largest absolute Gasteiger partial charge is 0.480 e. The van der Waals surface area contributed by atoms with Gasteiger partial charge in [0, 0.05) is 52.0 Å². The van der Waals surface area contributed by atoms with Crippen molar-refractivity contribution in [3.8, 4) is 0 Å². The van der Waals surface area contributed by atoms with Crippen LogP contribution in [0.5, 0.6) is 0 Å². The maximum atomic E-state index is 14.1. The third-order valence-electron chi connectivity index (χ3n) is 13.0. The monoisotopic (exact) mass is 1080 g/mol. The molecule has 5 aliphatic heterocycles. The molecule has 2 N–H and O–H groups in total. The number of hydrogen-bond donors (Lipinski definition) is 2. The molecule has 0 aromatic carbocycles. The molecule has 2 saturated carbocycles. The molecule has 5 heterocycles. The molecule has 7 aliphatic rings. The zero-order valence-electron chi connectivity index (χ0n) is 40.3. The Hall–Kier alpha value is -4.63. The minimum Gasteiger partial charge on any atom is -0.480 e. The molecular formula is C43H61ClF11N7O10. The van der Waals surface area contributed by atoms with Crippen molar-refractivity contribution in [2.75, 3.05) is 59.2 Å². The van der Waals surface area contributed by atoms with Gasteiger partial charge in [-0.15, -0.1) is 12.4 Å². The maximum absolute atomic E-state index is 14.1. The Bertz CT molecular complexity index is 2020. The first kappa shape index (κ1) is 59.9. The summed E-state index contributed by atoms with van der Waals surface area (Å²) in [5.74, 6) is -6.52. The lowest BCUT2D eigenvalue weighted by Crippen LogP contribution is -2.66. The molecule has 72 heavy (non-hydrogen) atoms. The Kier molecular flexibility index (Phi) is 18.4. The molecule has 7 rings (SSSR count). The number of carboxylic acids is 1. The van der Waals surface area contributed by atoms with Gasteiger partial charge in [-0.05, 0) is 67.2 Å². The summed E-state index contributed by atoms with van der Waals surface area (Å²) in [6.45, 7) is 5.49. The fourth-order valence-electron chi connectivity index (χ4n) is 9.25. The van der Waals surface area contributed by atoms with Gasteiger partial charge in [0.15, 0.2) is 0 Å². The molecule has 7 fully saturated rings. The zero-order valence-corrected chi connectivity index (χ0v) is 41.1. The molecule has 8 atom stereocenters. The van der Waals surface area contributed by atoms with Crippen LogP contribution in [0.15, 0.2) is 0 Å². The molecule has 2 aliphatic carbocycles. The zero-order chi connectivity index (χ0) is 53.6. The number of rotatable bonds is 5. The molecular weight excluding hydrogens is 1020 g/mol. The van der Waals surface area contributed by atoms with Gasteiger partial charge >= 0.3 is 42.3 Å². The second-order valence-corrected chi connectivity index (χ2v) is 20.9. The van der Waals surface area contributed by atoms with Gasteiger partial charge in [-0.25, -0.2) is 36.3 Å². The van der Waals surface area contributed by atoms with Gasteiger partial charge in [-0.2, -0.15) is 26.3 Å². The Labute approximate surface area is 413 Å². The van der Waals surface area contributed by atoms with Gasteiger partial charge in [0.05, 0.1) is 42.3 Å². The highest BCUT2D eigenvalue weighted by molar-refractivity contribution is 5.89. The van der Waals surface area contributed by atoms with Crippen molar-refractivity contribution in [1.82, 2.24) is 34.7 Å². The molecule has 0 bridgehead atoms. The highest BCUT2D eigenvalue weighted by Gasteiger charge is 2.62. The number of nitrogens with zero attached hydrogens (tertiary/aromatic N) is 6. The summed E-state index contributed by atoms with van der Waals surface area (Å²) in [6, 6.07) is -5.63. The number of halogens is 12. The second kappa shape index (κ2) is 22.1. The standard InChI is InChI=1S/C19H26F5N3O4.C14H18F5N3O2.C10H16FNO4.ClH/c1-17(2,3)31-16(30)25-8-11(21)6-13(25)14(28)26-10-18(4-5-18)27(9-12(26)7-20)15(29)19(22,23)24;15-4-9-6-22(12(24)14(17,18)19)13(1-2-13)7-21(9)11(23)10-3-8(16)5-20-10;1-10(2,3)16-9(15)12-5-6(11)4-7(12)8(13)14;/h11-13H,4-10H2,1-3H3;8-10,20H,1-7H2;6-7H,4-5H2,1-3H3,(H,13,14);1H/t11-,12+,13+;8-,9+,10+;6-,7+;/m111./s1. The van der Waals surface area contributed by atoms with Crippen LogP contribution in [0.3, 0.4) is 0 Å². The molecule has 0 radical (unpaired) electrons. The van der Waals surface area contributed by atoms with E-state index in [-0.39, 0.29) is 77.2 Å². The molecule has 29 heteroatoms. The molecule has 0 aromatic rings. The van der Waals surface area contributed by atoms with Crippen molar-refractivity contribution in [2.24, 2.45) is 0 Å². The van der Waals surface area contributed by atoms with Gasteiger partial charge < -0.3 is 39.5 Å². The topological polar surface area (TPSA) is 190 Å². The van der Waals surface area contributed by atoms with E-state index in [4.69, 9.17) is 14.6 Å². The molecule has 2 spiro atoms. The number of nitrogens with one attached hydrogen (secondary N) is 1. The van der Waals surface area contributed by atoms with E-state index in [1.807, 2.05) is 0 Å². The number of piperazine rings is 2. The Morgan fingerprint density at radius 2 is 0.944 bits per heavy atom. The van der Waals surface area contributed by atoms with Crippen LogP contribution in [0.2, 0.25) is 0 Å². The predicted molar refractivity (Wildman–Crippen MR) is 231 cm³/mol. The van der Waals surface area contributed by atoms with Gasteiger partial charge in [0.25, 0.3) is 0 Å². The van der Waals surface area contributed by atoms with Crippen molar-refractivity contribution >= 4 is 54.2 Å². The minimum atomic E-state index is -5.11. The predicted octanol–water partition coefficient (Wildman–Crippen LogP) is 5.07. The van der Waals surface area contributed by atoms with Crippen LogP contribution in [-0.4, -0.2) is 219 Å². The van der Waals surface area contributed by atoms with Crippen molar-refractivity contribution < 1.29 is 96.4 Å². The van der Waals surface area contributed by atoms with Gasteiger partial charge in [0.1, 0.15) is 55.1 Å². The second-order valence-electron chi connectivity index (χ2n) is 20.9. The number of carbonyl (C=O) groups excluding carboxylic acids is 6. The first-order chi connectivity index (χ1) is 32.6. The molecule has 17 nitrogen and oxygen atoms in total. The van der Waals surface area contributed by atoms with E-state index in [1.54, 1.807) is 41.5 Å². The average molecular weight is 1080 g/mol. The van der Waals surface area contributed by atoms with Gasteiger partial charge in [0.2, 0.25) is 11.8 Å². The summed E-state index contributed by atoms with van der Waals surface area (Å²) in [4.78, 5) is 89.4. The van der Waals surface area contributed by atoms with E-state index < -0.39 is 152 Å². The maximum Gasteiger partial charge on any atom is 0.471 e. The third-order valence-corrected chi connectivity index (χ3v) is 13.0. The van der Waals surface area contributed by atoms with Crippen LogP contribution in [0.1, 0.15) is 86.5 Å². The number of amides is 6. The highest BCUT2D eigenvalue weighted by atomic mass is 35.5. The van der Waals surface area contributed by atoms with Crippen molar-refractivity contribution in [1.29, 1.82) is 0 Å². The molecule has 5 saturated heterocycles. The van der Waals surface area contributed by atoms with Crippen molar-refractivity contribution in [2.45, 2.75) is 170 Å². The number of carbonyl (C=O) groups is 7. The van der Waals surface area contributed by atoms with Gasteiger partial charge in [-0.1, -0.05) is 0 Å². The SMILES string of the molecule is CC(C)(C)OC(=O)N1C[C@H](F)C[C@H]1C(=O)N1CC2(CC2)N(C(=O)C(F)(F)F)C[C@@H]1CF.CC(C)(C)OC(=O)N1C[C@H](F)C[C@H]1C(=O)O.Cl.O=C([C@@H]1C[C@@H](F)CN1)N1CC2(CC2)N(C(=O)C(F)(F)F)C[C@@H]1CF. The fourth-order valence-corrected chi connectivity index (χ4v) is 9.25. The quantitative estimate of drug-likeness (QED) is 0.350. The summed E-state index contributed by atoms with van der Waals surface area (Å²) in [6.07, 6.45) is -15.1. The summed E-state index contributed by atoms with van der Waals surface area (Å²) in [5, 5.41) is 11.5. The van der Waals surface area contributed by atoms with Crippen LogP contribution in [0, 0.1) is 0 Å². The summed E-state index contributed by atoms with van der Waals surface area (Å²) >= 11 is 0. The van der Waals surface area contributed by atoms with E-state index in [0.29, 0.717) is 22.6 Å². The van der Waals surface area contributed by atoms with Crippen LogP contribution in [0.4, 0.5) is 57.9 Å². The Morgan fingerprint density at radius 1 is 0.569 bits per heavy atom. The molecule has 6 amide bonds. The minimum absolute atomic E-state index is 0. The van der Waals surface area contributed by atoms with E-state index >= 15 is 0 Å². The van der Waals surface area contributed by atoms with Crippen molar-refractivity contribution in [3.63, 3.8) is 0 Å². The third kappa shape index (κ3) is 14.1. The lowest BCUT2D eigenvalue weighted by Gasteiger charge is -2.47.